The average molecular weight is 351 g/mol. The van der Waals surface area contributed by atoms with Gasteiger partial charge in [0.25, 0.3) is 12.5 Å². The van der Waals surface area contributed by atoms with Gasteiger partial charge in [-0.2, -0.15) is 4.57 Å². The first-order valence-electron chi connectivity index (χ1n) is 9.31. The molecule has 3 aliphatic rings. The van der Waals surface area contributed by atoms with Gasteiger partial charge in [-0.1, -0.05) is 12.1 Å². The third-order valence-corrected chi connectivity index (χ3v) is 6.48. The molecule has 0 fully saturated rings. The normalized spacial score (nSPS) is 14.3. The fraction of sp³-hybridized carbons (Fsp3) is 0.136. The highest BCUT2D eigenvalue weighted by Gasteiger charge is 2.49. The van der Waals surface area contributed by atoms with Crippen LogP contribution in [-0.4, -0.2) is 11.3 Å². The van der Waals surface area contributed by atoms with Crippen molar-refractivity contribution in [3.63, 3.8) is 0 Å². The molecule has 27 heavy (non-hydrogen) atoms. The fourth-order valence-corrected chi connectivity index (χ4v) is 5.23. The third kappa shape index (κ3) is 1.37. The van der Waals surface area contributed by atoms with Crippen molar-refractivity contribution in [2.45, 2.75) is 13.8 Å². The molecule has 4 aromatic rings. The maximum absolute atomic E-state index is 6.35. The first-order valence-corrected chi connectivity index (χ1v) is 9.31. The number of rotatable bonds is 0. The van der Waals surface area contributed by atoms with E-state index in [0.717, 1.165) is 28.5 Å². The Morgan fingerprint density at radius 1 is 0.815 bits per heavy atom. The zero-order chi connectivity index (χ0) is 18.0. The van der Waals surface area contributed by atoms with E-state index in [0.29, 0.717) is 0 Å². The minimum absolute atomic E-state index is 0.157. The van der Waals surface area contributed by atoms with Crippen LogP contribution in [0.4, 0.5) is 0 Å². The predicted molar refractivity (Wildman–Crippen MR) is 105 cm³/mol. The lowest BCUT2D eigenvalue weighted by molar-refractivity contribution is -0.575. The summed E-state index contributed by atoms with van der Waals surface area (Å²) in [6, 6.07) is 14.7. The number of ether oxygens (including phenoxy) is 2. The van der Waals surface area contributed by atoms with Crippen LogP contribution in [0, 0.1) is 13.8 Å². The van der Waals surface area contributed by atoms with E-state index in [-0.39, 0.29) is 6.71 Å². The van der Waals surface area contributed by atoms with Crippen molar-refractivity contribution in [2.24, 2.45) is 7.05 Å². The van der Waals surface area contributed by atoms with Crippen LogP contribution >= 0.6 is 0 Å². The molecule has 0 spiro atoms. The summed E-state index contributed by atoms with van der Waals surface area (Å²) in [6.45, 7) is 4.53. The van der Waals surface area contributed by atoms with E-state index in [1.807, 2.05) is 6.07 Å². The molecular weight excluding hydrogens is 335 g/mol. The van der Waals surface area contributed by atoms with Crippen LogP contribution in [0.3, 0.4) is 0 Å². The Balaban J connectivity index is 1.80. The number of aryl methyl sites for hydroxylation is 2. The third-order valence-electron chi connectivity index (χ3n) is 6.48. The molecule has 0 saturated heterocycles. The lowest BCUT2D eigenvalue weighted by Gasteiger charge is -2.35. The van der Waals surface area contributed by atoms with Gasteiger partial charge in [0.1, 0.15) is 28.7 Å². The highest BCUT2D eigenvalue weighted by molar-refractivity contribution is 7.00. The van der Waals surface area contributed by atoms with Crippen molar-refractivity contribution in [2.75, 3.05) is 0 Å². The van der Waals surface area contributed by atoms with Crippen molar-refractivity contribution in [3.8, 4) is 28.7 Å². The van der Waals surface area contributed by atoms with Gasteiger partial charge in [0.2, 0.25) is 0 Å². The van der Waals surface area contributed by atoms with Crippen molar-refractivity contribution >= 4 is 34.1 Å². The Bertz CT molecular complexity index is 1350. The summed E-state index contributed by atoms with van der Waals surface area (Å²) in [5, 5.41) is 0. The van der Waals surface area contributed by atoms with Gasteiger partial charge in [0.05, 0.1) is 7.05 Å². The first-order chi connectivity index (χ1) is 13.1. The molecule has 0 N–H and O–H groups in total. The molecule has 0 amide bonds. The summed E-state index contributed by atoms with van der Waals surface area (Å²) in [5.41, 5.74) is 8.70. The number of aromatic nitrogens is 2. The number of hydrogen-bond acceptors (Lipinski definition) is 2. The molecule has 0 atom stereocenters. The molecule has 0 radical (unpaired) electrons. The zero-order valence-electron chi connectivity index (χ0n) is 15.3. The quantitative estimate of drug-likeness (QED) is 0.309. The Morgan fingerprint density at radius 2 is 1.48 bits per heavy atom. The highest BCUT2D eigenvalue weighted by atomic mass is 16.5. The molecule has 3 aromatic carbocycles. The van der Waals surface area contributed by atoms with Gasteiger partial charge in [0, 0.05) is 23.3 Å². The van der Waals surface area contributed by atoms with E-state index in [9.17, 15) is 0 Å². The minimum Gasteiger partial charge on any atom is -0.458 e. The van der Waals surface area contributed by atoms with E-state index in [1.165, 1.54) is 39.0 Å². The lowest BCUT2D eigenvalue weighted by atomic mass is 9.33. The number of hydrogen-bond donors (Lipinski definition) is 0. The van der Waals surface area contributed by atoms with Crippen LogP contribution in [0.5, 0.6) is 23.0 Å². The molecule has 3 aliphatic heterocycles. The van der Waals surface area contributed by atoms with Crippen molar-refractivity contribution in [1.82, 2.24) is 4.57 Å². The largest absolute Gasteiger partial charge is 0.458 e. The van der Waals surface area contributed by atoms with Gasteiger partial charge in [-0.05, 0) is 42.8 Å². The standard InChI is InChI=1S/C22H16BN2O2/c1-11-7-9-16-19-21(11)25-12(2)24(3)13-8-10-17-20(22(13)25)23(19)18-14(26-16)5-4-6-15(18)27-17/h4-10H,1-3H3/q+1. The van der Waals surface area contributed by atoms with Gasteiger partial charge in [-0.3, -0.25) is 0 Å². The molecular formula is C22H16BN2O2+. The van der Waals surface area contributed by atoms with Gasteiger partial charge in [-0.25, -0.2) is 4.57 Å². The van der Waals surface area contributed by atoms with Gasteiger partial charge >= 0.3 is 0 Å². The topological polar surface area (TPSA) is 27.3 Å². The monoisotopic (exact) mass is 351 g/mol. The van der Waals surface area contributed by atoms with E-state index in [1.54, 1.807) is 0 Å². The molecule has 0 unspecified atom stereocenters. The van der Waals surface area contributed by atoms with Crippen LogP contribution in [0.25, 0.3) is 16.7 Å². The molecule has 0 saturated carbocycles. The number of fused-ring (bicyclic) bond motifs is 1. The molecule has 128 valence electrons. The number of imidazole rings is 1. The summed E-state index contributed by atoms with van der Waals surface area (Å²) in [6.07, 6.45) is 0. The predicted octanol–water partition coefficient (Wildman–Crippen LogP) is 2.11. The maximum atomic E-state index is 6.35. The second-order valence-electron chi connectivity index (χ2n) is 7.73. The highest BCUT2D eigenvalue weighted by Crippen LogP contribution is 2.38. The van der Waals surface area contributed by atoms with Crippen molar-refractivity contribution < 1.29 is 14.0 Å². The zero-order valence-corrected chi connectivity index (χ0v) is 15.3. The Labute approximate surface area is 156 Å². The molecule has 4 heterocycles. The smallest absolute Gasteiger partial charge is 0.272 e. The number of benzene rings is 3. The van der Waals surface area contributed by atoms with Gasteiger partial charge < -0.3 is 9.47 Å². The average Bonchev–Trinajstić information content (AvgIpc) is 2.94. The van der Waals surface area contributed by atoms with Crippen LogP contribution in [0.2, 0.25) is 0 Å². The second kappa shape index (κ2) is 4.20. The van der Waals surface area contributed by atoms with Gasteiger partial charge in [-0.15, -0.1) is 0 Å². The Kier molecular flexibility index (Phi) is 2.16. The summed E-state index contributed by atoms with van der Waals surface area (Å²) < 4.78 is 17.4. The summed E-state index contributed by atoms with van der Waals surface area (Å²) in [4.78, 5) is 0. The van der Waals surface area contributed by atoms with E-state index < -0.39 is 0 Å². The van der Waals surface area contributed by atoms with Crippen LogP contribution in [-0.2, 0) is 7.05 Å². The van der Waals surface area contributed by atoms with Crippen LogP contribution in [0.15, 0.2) is 42.5 Å². The second-order valence-corrected chi connectivity index (χ2v) is 7.73. The van der Waals surface area contributed by atoms with E-state index in [2.05, 4.69) is 66.4 Å². The van der Waals surface area contributed by atoms with Crippen molar-refractivity contribution in [3.05, 3.63) is 53.9 Å². The molecule has 4 nitrogen and oxygen atoms in total. The molecule has 5 heteroatoms. The molecule has 0 bridgehead atoms. The van der Waals surface area contributed by atoms with Crippen LogP contribution < -0.4 is 30.4 Å². The summed E-state index contributed by atoms with van der Waals surface area (Å²) >= 11 is 0. The van der Waals surface area contributed by atoms with E-state index in [4.69, 9.17) is 9.47 Å². The summed E-state index contributed by atoms with van der Waals surface area (Å²) in [5.74, 6) is 4.93. The van der Waals surface area contributed by atoms with E-state index >= 15 is 0 Å². The minimum atomic E-state index is 0.157. The fourth-order valence-electron chi connectivity index (χ4n) is 5.23. The molecule has 7 rings (SSSR count). The SMILES string of the molecule is Cc1ccc2c3c1-[n+]1c(C)n(C)c4ccc5c(c41)B3c1c(cccc1O5)O2. The maximum Gasteiger partial charge on any atom is 0.272 e. The molecule has 0 aliphatic carbocycles. The van der Waals surface area contributed by atoms with Crippen LogP contribution in [0.1, 0.15) is 11.4 Å². The first kappa shape index (κ1) is 13.9. The Morgan fingerprint density at radius 3 is 2.26 bits per heavy atom. The van der Waals surface area contributed by atoms with Gasteiger partial charge in [0.15, 0.2) is 11.0 Å². The summed E-state index contributed by atoms with van der Waals surface area (Å²) in [7, 11) is 2.14. The van der Waals surface area contributed by atoms with Crippen molar-refractivity contribution in [1.29, 1.82) is 0 Å². The lowest BCUT2D eigenvalue weighted by Crippen LogP contribution is -2.65. The molecule has 1 aromatic heterocycles. The number of nitrogens with zero attached hydrogens (tertiary/aromatic N) is 2. The Hall–Kier alpha value is -3.21.